The Kier molecular flexibility index (Phi) is 4.93. The summed E-state index contributed by atoms with van der Waals surface area (Å²) in [5.41, 5.74) is -1.04. The average molecular weight is 322 g/mol. The molecule has 1 rings (SSSR count). The van der Waals surface area contributed by atoms with E-state index < -0.39 is 49.5 Å². The topological polar surface area (TPSA) is 147 Å². The van der Waals surface area contributed by atoms with Gasteiger partial charge in [-0.15, -0.1) is 0 Å². The third-order valence-electron chi connectivity index (χ3n) is 2.44. The number of nitrogens with one attached hydrogen (secondary N) is 1. The molecule has 2 atom stereocenters. The second kappa shape index (κ2) is 6.11. The molecular weight excluding hydrogens is 311 g/mol. The second-order valence-corrected chi connectivity index (χ2v) is 5.73. The van der Waals surface area contributed by atoms with E-state index in [2.05, 4.69) is 0 Å². The van der Waals surface area contributed by atoms with Crippen molar-refractivity contribution in [3.63, 3.8) is 0 Å². The van der Waals surface area contributed by atoms with E-state index in [1.165, 1.54) is 0 Å². The molecule has 2 unspecified atom stereocenters. The van der Waals surface area contributed by atoms with Crippen LogP contribution in [0.25, 0.3) is 0 Å². The third-order valence-corrected chi connectivity index (χ3v) is 3.93. The Morgan fingerprint density at radius 1 is 1.48 bits per heavy atom. The molecule has 0 aromatic heterocycles. The SMILES string of the molecule is CC(O)C(NS(=O)(=O)c1ccc(F)cc1[N+](=O)[O-])C(=O)O. The van der Waals surface area contributed by atoms with Gasteiger partial charge in [-0.05, 0) is 19.1 Å². The van der Waals surface area contributed by atoms with E-state index in [4.69, 9.17) is 5.11 Å². The van der Waals surface area contributed by atoms with Gasteiger partial charge in [-0.3, -0.25) is 14.9 Å². The molecule has 1 aromatic carbocycles. The normalized spacial score (nSPS) is 14.4. The molecule has 116 valence electrons. The number of hydrogen-bond acceptors (Lipinski definition) is 6. The van der Waals surface area contributed by atoms with Gasteiger partial charge in [-0.2, -0.15) is 4.72 Å². The van der Waals surface area contributed by atoms with Crippen LogP contribution in [-0.4, -0.2) is 41.7 Å². The molecule has 0 heterocycles. The maximum Gasteiger partial charge on any atom is 0.324 e. The van der Waals surface area contributed by atoms with Crippen molar-refractivity contribution in [2.24, 2.45) is 0 Å². The maximum absolute atomic E-state index is 13.0. The molecule has 0 radical (unpaired) electrons. The number of carbonyl (C=O) groups is 1. The van der Waals surface area contributed by atoms with Crippen LogP contribution in [0.4, 0.5) is 10.1 Å². The molecule has 11 heteroatoms. The number of hydrogen-bond donors (Lipinski definition) is 3. The van der Waals surface area contributed by atoms with Crippen LogP contribution in [0.15, 0.2) is 23.1 Å². The third kappa shape index (κ3) is 3.93. The summed E-state index contributed by atoms with van der Waals surface area (Å²) in [6.45, 7) is 1.03. The maximum atomic E-state index is 13.0. The lowest BCUT2D eigenvalue weighted by atomic mass is 10.2. The lowest BCUT2D eigenvalue weighted by molar-refractivity contribution is -0.388. The first-order valence-corrected chi connectivity index (χ1v) is 6.91. The van der Waals surface area contributed by atoms with Crippen LogP contribution >= 0.6 is 0 Å². The number of rotatable bonds is 6. The standard InChI is InChI=1S/C10H11FN2O7S/c1-5(14)9(10(15)16)12-21(19,20)8-3-2-6(11)4-7(8)13(17)18/h2-5,9,12,14H,1H3,(H,15,16). The van der Waals surface area contributed by atoms with Crippen molar-refractivity contribution in [1.29, 1.82) is 0 Å². The van der Waals surface area contributed by atoms with Gasteiger partial charge in [0.25, 0.3) is 5.69 Å². The van der Waals surface area contributed by atoms with Crippen molar-refractivity contribution in [3.8, 4) is 0 Å². The molecule has 0 bridgehead atoms. The Balaban J connectivity index is 3.32. The minimum atomic E-state index is -4.64. The van der Waals surface area contributed by atoms with Crippen LogP contribution in [-0.2, 0) is 14.8 Å². The monoisotopic (exact) mass is 322 g/mol. The van der Waals surface area contributed by atoms with Gasteiger partial charge >= 0.3 is 5.97 Å². The summed E-state index contributed by atoms with van der Waals surface area (Å²) < 4.78 is 38.5. The lowest BCUT2D eigenvalue weighted by Crippen LogP contribution is -2.47. The van der Waals surface area contributed by atoms with Crippen LogP contribution in [0.5, 0.6) is 0 Å². The van der Waals surface area contributed by atoms with E-state index in [1.54, 1.807) is 4.72 Å². The first-order valence-electron chi connectivity index (χ1n) is 5.43. The molecule has 0 aliphatic heterocycles. The number of carboxylic acids is 1. The first kappa shape index (κ1) is 16.9. The van der Waals surface area contributed by atoms with Crippen molar-refractivity contribution in [2.45, 2.75) is 24.0 Å². The minimum Gasteiger partial charge on any atom is -0.480 e. The molecule has 0 saturated heterocycles. The summed E-state index contributed by atoms with van der Waals surface area (Å²) in [5, 5.41) is 28.8. The van der Waals surface area contributed by atoms with Crippen molar-refractivity contribution >= 4 is 21.7 Å². The fourth-order valence-corrected chi connectivity index (χ4v) is 2.86. The molecule has 0 fully saturated rings. The molecule has 9 nitrogen and oxygen atoms in total. The number of aliphatic hydroxyl groups is 1. The quantitative estimate of drug-likeness (QED) is 0.487. The Labute approximate surface area is 118 Å². The summed E-state index contributed by atoms with van der Waals surface area (Å²) >= 11 is 0. The number of sulfonamides is 1. The summed E-state index contributed by atoms with van der Waals surface area (Å²) in [7, 11) is -4.64. The lowest BCUT2D eigenvalue weighted by Gasteiger charge is -2.17. The summed E-state index contributed by atoms with van der Waals surface area (Å²) in [6, 6.07) is -0.192. The number of benzene rings is 1. The fraction of sp³-hybridized carbons (Fsp3) is 0.300. The van der Waals surface area contributed by atoms with Crippen LogP contribution in [0.3, 0.4) is 0 Å². The van der Waals surface area contributed by atoms with E-state index in [-0.39, 0.29) is 0 Å². The number of carboxylic acid groups (broad SMARTS) is 1. The Morgan fingerprint density at radius 3 is 2.48 bits per heavy atom. The van der Waals surface area contributed by atoms with Crippen molar-refractivity contribution < 1.29 is 32.7 Å². The van der Waals surface area contributed by atoms with Gasteiger partial charge in [0, 0.05) is 0 Å². The molecule has 0 spiro atoms. The van der Waals surface area contributed by atoms with Crippen LogP contribution in [0, 0.1) is 15.9 Å². The number of nitro benzene ring substituents is 1. The zero-order valence-corrected chi connectivity index (χ0v) is 11.4. The zero-order valence-electron chi connectivity index (χ0n) is 10.6. The van der Waals surface area contributed by atoms with Crippen molar-refractivity contribution in [1.82, 2.24) is 4.72 Å². The van der Waals surface area contributed by atoms with Crippen molar-refractivity contribution in [3.05, 3.63) is 34.1 Å². The average Bonchev–Trinajstić information content (AvgIpc) is 2.34. The first-order chi connectivity index (χ1) is 9.56. The summed E-state index contributed by atoms with van der Waals surface area (Å²) in [6.07, 6.45) is -1.59. The van der Waals surface area contributed by atoms with E-state index in [1.807, 2.05) is 0 Å². The van der Waals surface area contributed by atoms with Crippen LogP contribution in [0.2, 0.25) is 0 Å². The van der Waals surface area contributed by atoms with Crippen LogP contribution < -0.4 is 4.72 Å². The van der Waals surface area contributed by atoms with Gasteiger partial charge in [0.15, 0.2) is 4.90 Å². The summed E-state index contributed by atoms with van der Waals surface area (Å²) in [4.78, 5) is 19.6. The predicted octanol–water partition coefficient (Wildman–Crippen LogP) is -0.154. The molecule has 21 heavy (non-hydrogen) atoms. The molecular formula is C10H11FN2O7S. The van der Waals surface area contributed by atoms with Gasteiger partial charge in [-0.1, -0.05) is 0 Å². The van der Waals surface area contributed by atoms with Crippen molar-refractivity contribution in [2.75, 3.05) is 0 Å². The highest BCUT2D eigenvalue weighted by Crippen LogP contribution is 2.24. The number of nitrogens with zero attached hydrogens (tertiary/aromatic N) is 1. The van der Waals surface area contributed by atoms with Gasteiger partial charge in [-0.25, -0.2) is 12.8 Å². The molecule has 1 aromatic rings. The van der Waals surface area contributed by atoms with E-state index in [0.29, 0.717) is 18.2 Å². The smallest absolute Gasteiger partial charge is 0.324 e. The predicted molar refractivity (Wildman–Crippen MR) is 66.5 cm³/mol. The summed E-state index contributed by atoms with van der Waals surface area (Å²) in [5.74, 6) is -2.69. The highest BCUT2D eigenvalue weighted by Gasteiger charge is 2.33. The largest absolute Gasteiger partial charge is 0.480 e. The highest BCUT2D eigenvalue weighted by molar-refractivity contribution is 7.89. The second-order valence-electron chi connectivity index (χ2n) is 4.05. The Hall–Kier alpha value is -2.11. The highest BCUT2D eigenvalue weighted by atomic mass is 32.2. The molecule has 3 N–H and O–H groups in total. The van der Waals surface area contributed by atoms with E-state index in [9.17, 15) is 32.8 Å². The van der Waals surface area contributed by atoms with E-state index in [0.717, 1.165) is 6.92 Å². The fourth-order valence-electron chi connectivity index (χ4n) is 1.45. The van der Waals surface area contributed by atoms with E-state index >= 15 is 0 Å². The molecule has 0 saturated carbocycles. The van der Waals surface area contributed by atoms with Crippen LogP contribution in [0.1, 0.15) is 6.92 Å². The van der Waals surface area contributed by atoms with Gasteiger partial charge in [0.1, 0.15) is 11.9 Å². The number of nitro groups is 1. The van der Waals surface area contributed by atoms with Gasteiger partial charge < -0.3 is 10.2 Å². The zero-order chi connectivity index (χ0) is 16.4. The Morgan fingerprint density at radius 2 is 2.05 bits per heavy atom. The van der Waals surface area contributed by atoms with Gasteiger partial charge in [0.05, 0.1) is 17.1 Å². The Bertz CT molecular complexity index is 674. The molecule has 0 aliphatic carbocycles. The molecule has 0 amide bonds. The number of halogens is 1. The minimum absolute atomic E-state index is 0.396. The number of aliphatic carboxylic acids is 1. The molecule has 0 aliphatic rings. The van der Waals surface area contributed by atoms with Gasteiger partial charge in [0.2, 0.25) is 10.0 Å². The number of aliphatic hydroxyl groups excluding tert-OH is 1.